The Morgan fingerprint density at radius 1 is 1.17 bits per heavy atom. The molecule has 6 atom stereocenters. The molecule has 2 aliphatic rings. The van der Waals surface area contributed by atoms with Crippen LogP contribution in [0.2, 0.25) is 18.1 Å². The maximum atomic E-state index is 10.8. The molecule has 0 aliphatic carbocycles. The average molecular weight is 659 g/mol. The molecule has 46 heavy (non-hydrogen) atoms. The molecule has 0 radical (unpaired) electrons. The van der Waals surface area contributed by atoms with Gasteiger partial charge in [-0.3, -0.25) is 0 Å². The van der Waals surface area contributed by atoms with Crippen LogP contribution in [0.5, 0.6) is 5.75 Å². The van der Waals surface area contributed by atoms with E-state index in [-0.39, 0.29) is 29.5 Å². The molecule has 3 rings (SSSR count). The van der Waals surface area contributed by atoms with Crippen molar-refractivity contribution >= 4 is 8.32 Å². The van der Waals surface area contributed by atoms with E-state index in [1.54, 1.807) is 7.11 Å². The van der Waals surface area contributed by atoms with Crippen LogP contribution < -0.4 is 4.74 Å². The fourth-order valence-corrected chi connectivity index (χ4v) is 6.75. The Morgan fingerprint density at radius 3 is 2.52 bits per heavy atom. The highest BCUT2D eigenvalue weighted by Crippen LogP contribution is 2.37. The van der Waals surface area contributed by atoms with Crippen molar-refractivity contribution in [2.45, 2.75) is 141 Å². The van der Waals surface area contributed by atoms with Gasteiger partial charge in [-0.05, 0) is 94.1 Å². The SMILES string of the molecule is C=C(CC(O)C=CCC(OCc1ccc(OC)cc1)C1COC(C)(C)O1)CC(C)CC1CC=CC(CCO[Si](C)(C)C(C)(C)C)O1. The van der Waals surface area contributed by atoms with Crippen molar-refractivity contribution in [3.63, 3.8) is 0 Å². The van der Waals surface area contributed by atoms with E-state index >= 15 is 0 Å². The minimum atomic E-state index is -1.75. The van der Waals surface area contributed by atoms with Gasteiger partial charge in [-0.25, -0.2) is 0 Å². The first kappa shape index (κ1) is 38.7. The highest BCUT2D eigenvalue weighted by Gasteiger charge is 2.38. The quantitative estimate of drug-likeness (QED) is 0.125. The van der Waals surface area contributed by atoms with Gasteiger partial charge in [0, 0.05) is 6.61 Å². The van der Waals surface area contributed by atoms with E-state index in [1.165, 1.54) is 0 Å². The van der Waals surface area contributed by atoms with E-state index in [4.69, 9.17) is 28.1 Å². The Kier molecular flexibility index (Phi) is 14.8. The molecule has 0 amide bonds. The van der Waals surface area contributed by atoms with E-state index in [2.05, 4.69) is 59.5 Å². The molecular weight excluding hydrogens is 596 g/mol. The van der Waals surface area contributed by atoms with Gasteiger partial charge in [-0.15, -0.1) is 0 Å². The molecule has 0 saturated carbocycles. The summed E-state index contributed by atoms with van der Waals surface area (Å²) in [5.41, 5.74) is 2.11. The van der Waals surface area contributed by atoms with Crippen LogP contribution in [-0.4, -0.2) is 70.1 Å². The molecule has 0 spiro atoms. The molecule has 2 heterocycles. The lowest BCUT2D eigenvalue weighted by Gasteiger charge is -2.36. The molecule has 1 fully saturated rings. The Labute approximate surface area is 280 Å². The lowest BCUT2D eigenvalue weighted by atomic mass is 9.91. The van der Waals surface area contributed by atoms with Crippen LogP contribution >= 0.6 is 0 Å². The summed E-state index contributed by atoms with van der Waals surface area (Å²) < 4.78 is 36.3. The van der Waals surface area contributed by atoms with E-state index in [1.807, 2.05) is 50.3 Å². The second-order valence-corrected chi connectivity index (χ2v) is 20.0. The van der Waals surface area contributed by atoms with E-state index in [9.17, 15) is 5.11 Å². The first-order chi connectivity index (χ1) is 21.6. The fraction of sp³-hybridized carbons (Fsp3) is 0.684. The number of hydrogen-bond acceptors (Lipinski definition) is 7. The number of benzene rings is 1. The van der Waals surface area contributed by atoms with Crippen LogP contribution in [0, 0.1) is 5.92 Å². The first-order valence-electron chi connectivity index (χ1n) is 17.1. The van der Waals surface area contributed by atoms with Gasteiger partial charge in [0.05, 0.1) is 44.7 Å². The molecule has 0 bridgehead atoms. The second-order valence-electron chi connectivity index (χ2n) is 15.2. The summed E-state index contributed by atoms with van der Waals surface area (Å²) in [6.45, 7) is 23.5. The molecule has 8 heteroatoms. The number of hydrogen-bond donors (Lipinski definition) is 1. The molecule has 1 aromatic carbocycles. The minimum Gasteiger partial charge on any atom is -0.497 e. The molecule has 1 N–H and O–H groups in total. The number of aliphatic hydroxyl groups is 1. The minimum absolute atomic E-state index is 0.113. The predicted octanol–water partition coefficient (Wildman–Crippen LogP) is 8.53. The van der Waals surface area contributed by atoms with Crippen molar-refractivity contribution in [1.29, 1.82) is 0 Å². The summed E-state index contributed by atoms with van der Waals surface area (Å²) in [7, 11) is -0.0879. The van der Waals surface area contributed by atoms with Crippen molar-refractivity contribution in [3.8, 4) is 5.75 Å². The van der Waals surface area contributed by atoms with Crippen LogP contribution in [-0.2, 0) is 30.0 Å². The fourth-order valence-electron chi connectivity index (χ4n) is 5.69. The molecule has 1 saturated heterocycles. The van der Waals surface area contributed by atoms with Gasteiger partial charge in [-0.2, -0.15) is 0 Å². The monoisotopic (exact) mass is 658 g/mol. The number of methoxy groups -OCH3 is 1. The summed E-state index contributed by atoms with van der Waals surface area (Å²) >= 11 is 0. The van der Waals surface area contributed by atoms with Gasteiger partial charge in [0.1, 0.15) is 11.9 Å². The van der Waals surface area contributed by atoms with Gasteiger partial charge in [0.15, 0.2) is 14.1 Å². The maximum Gasteiger partial charge on any atom is 0.191 e. The first-order valence-corrected chi connectivity index (χ1v) is 20.0. The van der Waals surface area contributed by atoms with Gasteiger partial charge in [0.2, 0.25) is 0 Å². The van der Waals surface area contributed by atoms with Crippen LogP contribution in [0.1, 0.15) is 85.6 Å². The predicted molar refractivity (Wildman–Crippen MR) is 189 cm³/mol. The zero-order valence-electron chi connectivity index (χ0n) is 30.1. The summed E-state index contributed by atoms with van der Waals surface area (Å²) in [5.74, 6) is 0.597. The Morgan fingerprint density at radius 2 is 1.89 bits per heavy atom. The molecule has 2 aliphatic heterocycles. The highest BCUT2D eigenvalue weighted by atomic mass is 28.4. The van der Waals surface area contributed by atoms with Crippen molar-refractivity contribution in [3.05, 3.63) is 66.3 Å². The van der Waals surface area contributed by atoms with Crippen LogP contribution in [0.15, 0.2) is 60.7 Å². The van der Waals surface area contributed by atoms with Crippen molar-refractivity contribution in [2.75, 3.05) is 20.3 Å². The smallest absolute Gasteiger partial charge is 0.191 e. The highest BCUT2D eigenvalue weighted by molar-refractivity contribution is 6.74. The average Bonchev–Trinajstić information content (AvgIpc) is 3.33. The normalized spacial score (nSPS) is 23.8. The van der Waals surface area contributed by atoms with Crippen LogP contribution in [0.3, 0.4) is 0 Å². The molecule has 7 nitrogen and oxygen atoms in total. The summed E-state index contributed by atoms with van der Waals surface area (Å²) in [4.78, 5) is 0. The molecule has 0 aromatic heterocycles. The van der Waals surface area contributed by atoms with Crippen LogP contribution in [0.4, 0.5) is 0 Å². The summed E-state index contributed by atoms with van der Waals surface area (Å²) in [6, 6.07) is 7.86. The standard InChI is InChI=1S/C38H62O7Si/c1-28(23-29(2)25-34-15-12-14-33(44-34)21-22-43-46(9,10)37(3,4)5)24-31(39)13-11-16-35(36-27-42-38(6,7)45-36)41-26-30-17-19-32(40-8)20-18-30/h11-14,17-20,29,31,33-36,39H,1,15-16,21-27H2,2-10H3. The van der Waals surface area contributed by atoms with Crippen molar-refractivity contribution in [2.24, 2.45) is 5.92 Å². The molecule has 1 aromatic rings. The van der Waals surface area contributed by atoms with E-state index in [0.717, 1.165) is 49.2 Å². The second kappa shape index (κ2) is 17.6. The lowest BCUT2D eigenvalue weighted by Crippen LogP contribution is -2.41. The van der Waals surface area contributed by atoms with E-state index < -0.39 is 20.2 Å². The third-order valence-electron chi connectivity index (χ3n) is 9.38. The summed E-state index contributed by atoms with van der Waals surface area (Å²) in [6.07, 6.45) is 12.4. The molecular formula is C38H62O7Si. The number of aliphatic hydroxyl groups excluding tert-OH is 1. The van der Waals surface area contributed by atoms with Crippen molar-refractivity contribution in [1.82, 2.24) is 0 Å². The third kappa shape index (κ3) is 13.0. The Balaban J connectivity index is 1.41. The van der Waals surface area contributed by atoms with Gasteiger partial charge >= 0.3 is 0 Å². The Bertz CT molecular complexity index is 1120. The van der Waals surface area contributed by atoms with Gasteiger partial charge < -0.3 is 33.2 Å². The zero-order valence-corrected chi connectivity index (χ0v) is 31.1. The van der Waals surface area contributed by atoms with Crippen LogP contribution in [0.25, 0.3) is 0 Å². The van der Waals surface area contributed by atoms with Crippen molar-refractivity contribution < 1.29 is 33.2 Å². The molecule has 6 unspecified atom stereocenters. The third-order valence-corrected chi connectivity index (χ3v) is 13.9. The zero-order chi connectivity index (χ0) is 34.0. The largest absolute Gasteiger partial charge is 0.497 e. The maximum absolute atomic E-state index is 10.8. The number of ether oxygens (including phenoxy) is 5. The topological polar surface area (TPSA) is 75.6 Å². The van der Waals surface area contributed by atoms with E-state index in [0.29, 0.717) is 32.0 Å². The lowest BCUT2D eigenvalue weighted by molar-refractivity contribution is -0.157. The number of rotatable bonds is 18. The summed E-state index contributed by atoms with van der Waals surface area (Å²) in [5, 5.41) is 11.0. The van der Waals surface area contributed by atoms with Gasteiger partial charge in [-0.1, -0.05) is 76.3 Å². The molecule has 260 valence electrons. The Hall–Kier alpha value is -1.78. The van der Waals surface area contributed by atoms with Gasteiger partial charge in [0.25, 0.3) is 0 Å².